The molecule has 0 bridgehead atoms. The second kappa shape index (κ2) is 13.4. The van der Waals surface area contributed by atoms with Gasteiger partial charge in [0.2, 0.25) is 0 Å². The average Bonchev–Trinajstić information content (AvgIpc) is 3.39. The van der Waals surface area contributed by atoms with Crippen molar-refractivity contribution >= 4 is 32.9 Å². The molecule has 3 aromatic rings. The molecule has 1 amide bonds. The lowest BCUT2D eigenvalue weighted by Gasteiger charge is -2.24. The molecule has 1 aliphatic rings. The van der Waals surface area contributed by atoms with E-state index in [-0.39, 0.29) is 29.8 Å². The molecule has 1 aromatic heterocycles. The summed E-state index contributed by atoms with van der Waals surface area (Å²) < 4.78 is 35.9. The molecule has 0 aliphatic heterocycles. The van der Waals surface area contributed by atoms with Crippen LogP contribution in [0.15, 0.2) is 47.8 Å². The quantitative estimate of drug-likeness (QED) is 0.242. The monoisotopic (exact) mass is 584 g/mol. The number of sulfone groups is 1. The summed E-state index contributed by atoms with van der Waals surface area (Å²) in [5.74, 6) is 0.0818. The minimum absolute atomic E-state index is 0.0584. The number of rotatable bonds is 14. The summed E-state index contributed by atoms with van der Waals surface area (Å²) in [6.07, 6.45) is 4.38. The molecule has 1 aliphatic carbocycles. The number of hydrogen-bond acceptors (Lipinski definition) is 8. The normalized spacial score (nSPS) is 13.5. The van der Waals surface area contributed by atoms with E-state index in [1.165, 1.54) is 16.9 Å². The second-order valence-corrected chi connectivity index (χ2v) is 13.3. The van der Waals surface area contributed by atoms with Crippen LogP contribution in [0.5, 0.6) is 11.5 Å². The van der Waals surface area contributed by atoms with Crippen molar-refractivity contribution in [3.8, 4) is 11.5 Å². The van der Waals surface area contributed by atoms with Gasteiger partial charge in [0.05, 0.1) is 26.5 Å². The van der Waals surface area contributed by atoms with Crippen molar-refractivity contribution in [2.75, 3.05) is 32.3 Å². The molecule has 0 saturated heterocycles. The van der Waals surface area contributed by atoms with Crippen LogP contribution in [-0.2, 0) is 22.8 Å². The number of Topliss-reactive ketones (excluding diaryl/α,β-unsaturated/α-hetero) is 1. The molecular formula is C30H36N2O6S2. The van der Waals surface area contributed by atoms with Crippen LogP contribution in [0.2, 0.25) is 0 Å². The number of aromatic nitrogens is 1. The molecule has 0 unspecified atom stereocenters. The van der Waals surface area contributed by atoms with Crippen molar-refractivity contribution in [2.24, 2.45) is 5.92 Å². The number of ether oxygens (including phenoxy) is 2. The number of aryl methyl sites for hydroxylation is 1. The summed E-state index contributed by atoms with van der Waals surface area (Å²) in [6, 6.07) is 13.5. The van der Waals surface area contributed by atoms with Gasteiger partial charge in [0.15, 0.2) is 15.6 Å². The highest BCUT2D eigenvalue weighted by Gasteiger charge is 2.28. The smallest absolute Gasteiger partial charge is 0.254 e. The van der Waals surface area contributed by atoms with Crippen LogP contribution in [0.4, 0.5) is 0 Å². The first-order valence-corrected chi connectivity index (χ1v) is 16.1. The fourth-order valence-corrected chi connectivity index (χ4v) is 7.32. The van der Waals surface area contributed by atoms with Gasteiger partial charge in [-0.2, -0.15) is 0 Å². The first-order chi connectivity index (χ1) is 19.2. The van der Waals surface area contributed by atoms with Crippen LogP contribution in [0.25, 0.3) is 0 Å². The molecule has 8 nitrogen and oxygen atoms in total. The second-order valence-electron chi connectivity index (χ2n) is 10.2. The lowest BCUT2D eigenvalue weighted by molar-refractivity contribution is 0.0740. The Morgan fingerprint density at radius 3 is 2.35 bits per heavy atom. The van der Waals surface area contributed by atoms with Crippen molar-refractivity contribution in [3.05, 3.63) is 75.2 Å². The van der Waals surface area contributed by atoms with E-state index in [1.54, 1.807) is 36.6 Å². The Bertz CT molecular complexity index is 1410. The SMILES string of the molecule is COc1cc(C(=O)N(CCCc2ccccc2)Cc2nc(C(=O)CS(=O)(=O)CC3CCC3)cs2)cc(OC)c1C. The van der Waals surface area contributed by atoms with Crippen molar-refractivity contribution < 1.29 is 27.5 Å². The fourth-order valence-electron chi connectivity index (χ4n) is 4.79. The molecule has 1 heterocycles. The Morgan fingerprint density at radius 1 is 1.07 bits per heavy atom. The number of ketones is 1. The largest absolute Gasteiger partial charge is 0.496 e. The summed E-state index contributed by atoms with van der Waals surface area (Å²) in [4.78, 5) is 32.6. The topological polar surface area (TPSA) is 103 Å². The molecule has 0 spiro atoms. The van der Waals surface area contributed by atoms with Crippen molar-refractivity contribution in [1.29, 1.82) is 0 Å². The van der Waals surface area contributed by atoms with Crippen LogP contribution in [-0.4, -0.2) is 62.3 Å². The summed E-state index contributed by atoms with van der Waals surface area (Å²) in [7, 11) is -0.381. The summed E-state index contributed by atoms with van der Waals surface area (Å²) in [5, 5.41) is 2.15. The maximum absolute atomic E-state index is 13.7. The van der Waals surface area contributed by atoms with Gasteiger partial charge < -0.3 is 14.4 Å². The standard InChI is InChI=1S/C30H36N2O6S2/c1-21-27(37-2)15-24(16-28(21)38-3)30(34)32(14-8-13-22-9-5-4-6-10-22)17-29-31-25(18-39-29)26(33)20-40(35,36)19-23-11-7-12-23/h4-6,9-10,15-16,18,23H,7-8,11-14,17,19-20H2,1-3H3. The Labute approximate surface area is 240 Å². The molecule has 0 radical (unpaired) electrons. The summed E-state index contributed by atoms with van der Waals surface area (Å²) in [5.41, 5.74) is 2.54. The van der Waals surface area contributed by atoms with E-state index in [0.717, 1.165) is 37.7 Å². The molecule has 10 heteroatoms. The lowest BCUT2D eigenvalue weighted by atomic mass is 9.87. The number of amides is 1. The molecule has 2 aromatic carbocycles. The van der Waals surface area contributed by atoms with E-state index in [1.807, 2.05) is 25.1 Å². The third-order valence-corrected chi connectivity index (χ3v) is 9.77. The van der Waals surface area contributed by atoms with Gasteiger partial charge in [-0.1, -0.05) is 36.8 Å². The zero-order valence-electron chi connectivity index (χ0n) is 23.2. The fraction of sp³-hybridized carbons (Fsp3) is 0.433. The van der Waals surface area contributed by atoms with Gasteiger partial charge >= 0.3 is 0 Å². The van der Waals surface area contributed by atoms with E-state index < -0.39 is 21.4 Å². The molecule has 40 heavy (non-hydrogen) atoms. The van der Waals surface area contributed by atoms with E-state index in [2.05, 4.69) is 17.1 Å². The van der Waals surface area contributed by atoms with Crippen LogP contribution in [0, 0.1) is 12.8 Å². The highest BCUT2D eigenvalue weighted by Crippen LogP contribution is 2.31. The Kier molecular flexibility index (Phi) is 9.97. The van der Waals surface area contributed by atoms with E-state index in [0.29, 0.717) is 28.6 Å². The number of benzene rings is 2. The Morgan fingerprint density at radius 2 is 1.75 bits per heavy atom. The predicted molar refractivity (Wildman–Crippen MR) is 156 cm³/mol. The lowest BCUT2D eigenvalue weighted by Crippen LogP contribution is -2.32. The van der Waals surface area contributed by atoms with Gasteiger partial charge in [-0.3, -0.25) is 9.59 Å². The van der Waals surface area contributed by atoms with Crippen molar-refractivity contribution in [1.82, 2.24) is 9.88 Å². The molecule has 0 N–H and O–H groups in total. The number of carbonyl (C=O) groups excluding carboxylic acids is 2. The summed E-state index contributed by atoms with van der Waals surface area (Å²) in [6.45, 7) is 2.52. The average molecular weight is 585 g/mol. The molecule has 0 atom stereocenters. The highest BCUT2D eigenvalue weighted by atomic mass is 32.2. The van der Waals surface area contributed by atoms with Gasteiger partial charge in [0, 0.05) is 23.1 Å². The van der Waals surface area contributed by atoms with Crippen LogP contribution < -0.4 is 9.47 Å². The maximum atomic E-state index is 13.7. The van der Waals surface area contributed by atoms with E-state index in [4.69, 9.17) is 9.47 Å². The molecule has 214 valence electrons. The summed E-state index contributed by atoms with van der Waals surface area (Å²) >= 11 is 1.25. The van der Waals surface area contributed by atoms with Crippen molar-refractivity contribution in [3.63, 3.8) is 0 Å². The zero-order chi connectivity index (χ0) is 28.7. The van der Waals surface area contributed by atoms with Gasteiger partial charge in [0.25, 0.3) is 5.91 Å². The first-order valence-electron chi connectivity index (χ1n) is 13.4. The van der Waals surface area contributed by atoms with Gasteiger partial charge in [-0.25, -0.2) is 13.4 Å². The van der Waals surface area contributed by atoms with Gasteiger partial charge in [-0.15, -0.1) is 11.3 Å². The number of hydrogen-bond donors (Lipinski definition) is 0. The van der Waals surface area contributed by atoms with Gasteiger partial charge in [0.1, 0.15) is 28.0 Å². The minimum Gasteiger partial charge on any atom is -0.496 e. The Balaban J connectivity index is 1.50. The third kappa shape index (κ3) is 7.69. The van der Waals surface area contributed by atoms with Crippen LogP contribution in [0.3, 0.4) is 0 Å². The number of thiazole rings is 1. The number of methoxy groups -OCH3 is 2. The van der Waals surface area contributed by atoms with Crippen molar-refractivity contribution in [2.45, 2.75) is 45.6 Å². The predicted octanol–water partition coefficient (Wildman–Crippen LogP) is 5.14. The molecule has 1 saturated carbocycles. The van der Waals surface area contributed by atoms with E-state index >= 15 is 0 Å². The number of nitrogens with zero attached hydrogens (tertiary/aromatic N) is 2. The van der Waals surface area contributed by atoms with Crippen LogP contribution >= 0.6 is 11.3 Å². The molecule has 4 rings (SSSR count). The third-order valence-electron chi connectivity index (χ3n) is 7.25. The highest BCUT2D eigenvalue weighted by molar-refractivity contribution is 7.92. The zero-order valence-corrected chi connectivity index (χ0v) is 24.9. The molecule has 1 fully saturated rings. The first kappa shape index (κ1) is 29.7. The van der Waals surface area contributed by atoms with Gasteiger partial charge in [-0.05, 0) is 56.2 Å². The Hall–Kier alpha value is -3.24. The number of carbonyl (C=O) groups is 2. The van der Waals surface area contributed by atoms with E-state index in [9.17, 15) is 18.0 Å². The molecular weight excluding hydrogens is 548 g/mol. The van der Waals surface area contributed by atoms with Crippen LogP contribution in [0.1, 0.15) is 62.7 Å². The minimum atomic E-state index is -3.48. The maximum Gasteiger partial charge on any atom is 0.254 e.